The molecule has 1 aromatic rings. The Balaban J connectivity index is 2.58. The van der Waals surface area contributed by atoms with E-state index in [-0.39, 0.29) is 21.1 Å². The van der Waals surface area contributed by atoms with Gasteiger partial charge < -0.3 is 0 Å². The Kier molecular flexibility index (Phi) is 8.41. The number of rotatable bonds is 7. The van der Waals surface area contributed by atoms with Crippen LogP contribution in [0.15, 0.2) is 42.0 Å². The summed E-state index contributed by atoms with van der Waals surface area (Å²) >= 11 is 0. The number of ether oxygens (including phenoxy) is 2. The molecular formula is C15H18NO4P. The van der Waals surface area contributed by atoms with Crippen LogP contribution in [0.1, 0.15) is 12.5 Å². The fourth-order valence-corrected chi connectivity index (χ4v) is 1.81. The number of hydrogen-bond donors (Lipinski definition) is 1. The molecule has 5 nitrogen and oxygen atoms in total. The van der Waals surface area contributed by atoms with E-state index < -0.39 is 12.0 Å². The standard InChI is InChI=1S/C15H18NO4P/c1-2-20-15(17)14(16)8-13(11-21-18)10-19-9-12-6-4-3-5-7-12/h3-8,14H,2,9-10,16H2,1H3. The first kappa shape index (κ1) is 17.4. The van der Waals surface area contributed by atoms with Gasteiger partial charge in [0.25, 0.3) is 0 Å². The van der Waals surface area contributed by atoms with Crippen molar-refractivity contribution in [3.8, 4) is 5.63 Å². The molecule has 0 bridgehead atoms. The maximum absolute atomic E-state index is 11.4. The van der Waals surface area contributed by atoms with Gasteiger partial charge in [0.05, 0.1) is 0 Å². The Labute approximate surface area is 125 Å². The molecular weight excluding hydrogens is 289 g/mol. The molecule has 0 spiro atoms. The van der Waals surface area contributed by atoms with Crippen LogP contribution in [0, 0.1) is 5.63 Å². The molecule has 1 atom stereocenters. The predicted octanol–water partition coefficient (Wildman–Crippen LogP) is 2.27. The zero-order valence-corrected chi connectivity index (χ0v) is 12.7. The summed E-state index contributed by atoms with van der Waals surface area (Å²) in [6, 6.07) is 8.71. The van der Waals surface area contributed by atoms with Gasteiger partial charge in [-0.05, 0) is 0 Å². The minimum atomic E-state index is -0.922. The van der Waals surface area contributed by atoms with Gasteiger partial charge in [-0.3, -0.25) is 0 Å². The van der Waals surface area contributed by atoms with Crippen molar-refractivity contribution in [3.05, 3.63) is 47.5 Å². The first-order valence-corrected chi connectivity index (χ1v) is 7.31. The van der Waals surface area contributed by atoms with Crippen LogP contribution in [0.5, 0.6) is 0 Å². The molecule has 1 unspecified atom stereocenters. The third kappa shape index (κ3) is 7.07. The van der Waals surface area contributed by atoms with Gasteiger partial charge in [0.2, 0.25) is 0 Å². The van der Waals surface area contributed by atoms with E-state index in [2.05, 4.69) is 5.63 Å². The molecule has 21 heavy (non-hydrogen) atoms. The Hall–Kier alpha value is -1.64. The summed E-state index contributed by atoms with van der Waals surface area (Å²) in [5.41, 5.74) is 9.71. The molecule has 6 heteroatoms. The molecule has 0 radical (unpaired) electrons. The fourth-order valence-electron chi connectivity index (χ4n) is 1.55. The van der Waals surface area contributed by atoms with Crippen LogP contribution < -0.4 is 5.73 Å². The maximum atomic E-state index is 11.4. The SMILES string of the molecule is CCOC(=O)C(N)C=C(C#P=O)COCc1ccccc1. The molecule has 2 N–H and O–H groups in total. The van der Waals surface area contributed by atoms with Crippen LogP contribution in [0.25, 0.3) is 0 Å². The third-order valence-electron chi connectivity index (χ3n) is 2.50. The van der Waals surface area contributed by atoms with Crippen LogP contribution in [0.2, 0.25) is 0 Å². The molecule has 0 aliphatic rings. The topological polar surface area (TPSA) is 78.6 Å². The normalized spacial score (nSPS) is 12.4. The second-order valence-corrected chi connectivity index (χ2v) is 4.56. The summed E-state index contributed by atoms with van der Waals surface area (Å²) in [6.45, 7) is 2.53. The van der Waals surface area contributed by atoms with Crippen molar-refractivity contribution in [2.45, 2.75) is 19.6 Å². The summed E-state index contributed by atoms with van der Waals surface area (Å²) in [7, 11) is -0.289. The molecule has 0 amide bonds. The number of carbonyl (C=O) groups excluding carboxylic acids is 1. The Morgan fingerprint density at radius 3 is 2.76 bits per heavy atom. The van der Waals surface area contributed by atoms with Gasteiger partial charge in [0.1, 0.15) is 0 Å². The van der Waals surface area contributed by atoms with Gasteiger partial charge in [-0.25, -0.2) is 0 Å². The molecule has 0 heterocycles. The molecule has 0 aromatic heterocycles. The molecule has 0 saturated carbocycles. The summed E-state index contributed by atoms with van der Waals surface area (Å²) in [5.74, 6) is -0.539. The summed E-state index contributed by atoms with van der Waals surface area (Å²) in [6.07, 6.45) is 1.44. The second kappa shape index (κ2) is 10.1. The van der Waals surface area contributed by atoms with E-state index in [1.54, 1.807) is 6.92 Å². The monoisotopic (exact) mass is 307 g/mol. The van der Waals surface area contributed by atoms with Gasteiger partial charge in [0.15, 0.2) is 0 Å². The molecule has 0 aliphatic carbocycles. The first-order chi connectivity index (χ1) is 10.2. The van der Waals surface area contributed by atoms with E-state index in [1.165, 1.54) is 6.08 Å². The summed E-state index contributed by atoms with van der Waals surface area (Å²) < 4.78 is 21.0. The van der Waals surface area contributed by atoms with Crippen LogP contribution in [0.3, 0.4) is 0 Å². The minimum absolute atomic E-state index is 0.164. The molecule has 0 saturated heterocycles. The zero-order valence-electron chi connectivity index (χ0n) is 11.8. The van der Waals surface area contributed by atoms with Crippen LogP contribution >= 0.6 is 7.92 Å². The van der Waals surface area contributed by atoms with E-state index in [9.17, 15) is 9.36 Å². The Morgan fingerprint density at radius 1 is 1.43 bits per heavy atom. The quantitative estimate of drug-likeness (QED) is 0.617. The van der Waals surface area contributed by atoms with Crippen molar-refractivity contribution < 1.29 is 18.8 Å². The third-order valence-corrected chi connectivity index (χ3v) is 2.88. The van der Waals surface area contributed by atoms with Gasteiger partial charge >= 0.3 is 124 Å². The van der Waals surface area contributed by atoms with Crippen molar-refractivity contribution in [1.29, 1.82) is 0 Å². The molecule has 112 valence electrons. The average Bonchev–Trinajstić information content (AvgIpc) is 2.48. The van der Waals surface area contributed by atoms with Gasteiger partial charge in [-0.2, -0.15) is 0 Å². The van der Waals surface area contributed by atoms with Crippen molar-refractivity contribution in [1.82, 2.24) is 0 Å². The zero-order chi connectivity index (χ0) is 15.5. The van der Waals surface area contributed by atoms with Crippen LogP contribution in [-0.4, -0.2) is 25.2 Å². The molecule has 0 fully saturated rings. The molecule has 1 aromatic carbocycles. The van der Waals surface area contributed by atoms with E-state index in [4.69, 9.17) is 15.2 Å². The van der Waals surface area contributed by atoms with E-state index >= 15 is 0 Å². The van der Waals surface area contributed by atoms with E-state index in [0.29, 0.717) is 12.2 Å². The number of carbonyl (C=O) groups is 1. The molecule has 0 aliphatic heterocycles. The predicted molar refractivity (Wildman–Crippen MR) is 80.3 cm³/mol. The number of esters is 1. The fraction of sp³-hybridized carbons (Fsp3) is 0.333. The average molecular weight is 307 g/mol. The van der Waals surface area contributed by atoms with Crippen molar-refractivity contribution in [2.75, 3.05) is 13.2 Å². The van der Waals surface area contributed by atoms with Crippen molar-refractivity contribution in [2.24, 2.45) is 5.73 Å². The Morgan fingerprint density at radius 2 is 2.14 bits per heavy atom. The summed E-state index contributed by atoms with van der Waals surface area (Å²) in [5, 5.41) is 0. The number of benzene rings is 1. The van der Waals surface area contributed by atoms with Gasteiger partial charge in [0, 0.05) is 0 Å². The van der Waals surface area contributed by atoms with Gasteiger partial charge in [-0.1, -0.05) is 0 Å². The number of nitrogens with two attached hydrogens (primary N) is 1. The second-order valence-electron chi connectivity index (χ2n) is 4.15. The van der Waals surface area contributed by atoms with E-state index in [0.717, 1.165) is 5.56 Å². The van der Waals surface area contributed by atoms with Crippen LogP contribution in [0.4, 0.5) is 0 Å². The molecule has 1 rings (SSSR count). The van der Waals surface area contributed by atoms with Crippen molar-refractivity contribution >= 4 is 13.9 Å². The Bertz CT molecular complexity index is 580. The van der Waals surface area contributed by atoms with Gasteiger partial charge in [-0.15, -0.1) is 0 Å². The van der Waals surface area contributed by atoms with E-state index in [1.807, 2.05) is 30.3 Å². The van der Waals surface area contributed by atoms with Crippen LogP contribution in [-0.2, 0) is 25.4 Å². The first-order valence-electron chi connectivity index (χ1n) is 6.50. The summed E-state index contributed by atoms with van der Waals surface area (Å²) in [4.78, 5) is 11.4. The number of hydrogen-bond acceptors (Lipinski definition) is 5. The van der Waals surface area contributed by atoms with Crippen molar-refractivity contribution in [3.63, 3.8) is 0 Å².